The van der Waals surface area contributed by atoms with Crippen LogP contribution in [-0.4, -0.2) is 41.5 Å². The summed E-state index contributed by atoms with van der Waals surface area (Å²) in [5, 5.41) is 12.1. The molecule has 1 unspecified atom stereocenters. The third-order valence-electron chi connectivity index (χ3n) is 3.02. The van der Waals surface area contributed by atoms with Crippen molar-refractivity contribution >= 4 is 33.2 Å². The fourth-order valence-electron chi connectivity index (χ4n) is 2.10. The van der Waals surface area contributed by atoms with Gasteiger partial charge in [-0.05, 0) is 25.5 Å². The molecule has 1 fully saturated rings. The molecule has 1 aliphatic rings. The molecule has 0 amide bonds. The molecule has 2 rings (SSSR count). The quantitative estimate of drug-likeness (QED) is 0.820. The lowest BCUT2D eigenvalue weighted by atomic mass is 10.0. The fourth-order valence-corrected chi connectivity index (χ4v) is 4.34. The summed E-state index contributed by atoms with van der Waals surface area (Å²) in [6, 6.07) is 2.72. The van der Waals surface area contributed by atoms with Gasteiger partial charge in [-0.15, -0.1) is 0 Å². The number of nitrogens with zero attached hydrogens (tertiary/aromatic N) is 1. The van der Waals surface area contributed by atoms with Gasteiger partial charge in [-0.1, -0.05) is 11.6 Å². The lowest BCUT2D eigenvalue weighted by molar-refractivity contribution is 0.0697. The number of hydrogen-bond acceptors (Lipinski definition) is 5. The maximum atomic E-state index is 11.5. The molecule has 2 heterocycles. The zero-order chi connectivity index (χ0) is 14.3. The Kier molecular flexibility index (Phi) is 3.44. The van der Waals surface area contributed by atoms with Crippen LogP contribution >= 0.6 is 11.6 Å². The average Bonchev–Trinajstić information content (AvgIpc) is 2.52. The van der Waals surface area contributed by atoms with Gasteiger partial charge in [-0.3, -0.25) is 0 Å². The molecule has 0 aliphatic carbocycles. The molecule has 1 atom stereocenters. The molecule has 104 valence electrons. The molecule has 19 heavy (non-hydrogen) atoms. The number of rotatable bonds is 3. The molecule has 0 aromatic carbocycles. The van der Waals surface area contributed by atoms with Crippen LogP contribution in [0.4, 0.5) is 5.82 Å². The maximum Gasteiger partial charge on any atom is 0.339 e. The minimum absolute atomic E-state index is 0.0325. The Morgan fingerprint density at radius 2 is 2.21 bits per heavy atom. The molecule has 2 N–H and O–H groups in total. The van der Waals surface area contributed by atoms with Crippen LogP contribution in [0.25, 0.3) is 0 Å². The predicted molar refractivity (Wildman–Crippen MR) is 71.5 cm³/mol. The number of nitrogens with one attached hydrogen (secondary N) is 1. The van der Waals surface area contributed by atoms with Crippen molar-refractivity contribution in [2.24, 2.45) is 0 Å². The molecule has 1 aromatic heterocycles. The molecule has 0 bridgehead atoms. The van der Waals surface area contributed by atoms with Crippen LogP contribution in [0.2, 0.25) is 5.15 Å². The van der Waals surface area contributed by atoms with Crippen LogP contribution < -0.4 is 5.32 Å². The first-order valence-corrected chi connectivity index (χ1v) is 7.79. The molecule has 1 aromatic rings. The Bertz CT molecular complexity index is 632. The number of aromatic nitrogens is 1. The second kappa shape index (κ2) is 4.64. The third-order valence-corrected chi connectivity index (χ3v) is 5.13. The summed E-state index contributed by atoms with van der Waals surface area (Å²) in [6.07, 6.45) is 0.405. The topological polar surface area (TPSA) is 96.4 Å². The van der Waals surface area contributed by atoms with Crippen LogP contribution in [0.3, 0.4) is 0 Å². The summed E-state index contributed by atoms with van der Waals surface area (Å²) in [5.41, 5.74) is -0.754. The third kappa shape index (κ3) is 3.16. The normalized spacial score (nSPS) is 25.2. The number of carboxylic acid groups (broad SMARTS) is 1. The number of carboxylic acids is 1. The smallest absolute Gasteiger partial charge is 0.339 e. The predicted octanol–water partition coefficient (Wildman–Crippen LogP) is 1.42. The molecular weight excluding hydrogens is 292 g/mol. The first-order valence-electron chi connectivity index (χ1n) is 5.59. The standard InChI is InChI=1S/C11H13ClN2O4S/c1-11(4-5-19(17,18)6-11)14-9-7(10(15)16)2-3-8(12)13-9/h2-3H,4-6H2,1H3,(H,13,14)(H,15,16). The van der Waals surface area contributed by atoms with Gasteiger partial charge in [0.2, 0.25) is 0 Å². The molecule has 1 aliphatic heterocycles. The van der Waals surface area contributed by atoms with Crippen LogP contribution in [0.15, 0.2) is 12.1 Å². The van der Waals surface area contributed by atoms with Gasteiger partial charge >= 0.3 is 5.97 Å². The Morgan fingerprint density at radius 1 is 1.53 bits per heavy atom. The Labute approximate surface area is 115 Å². The van der Waals surface area contributed by atoms with Gasteiger partial charge in [0.05, 0.1) is 17.0 Å². The number of aromatic carboxylic acids is 1. The summed E-state index contributed by atoms with van der Waals surface area (Å²) >= 11 is 5.75. The molecule has 0 radical (unpaired) electrons. The van der Waals surface area contributed by atoms with E-state index in [1.54, 1.807) is 6.92 Å². The summed E-state index contributed by atoms with van der Waals surface area (Å²) in [4.78, 5) is 15.0. The van der Waals surface area contributed by atoms with Crippen LogP contribution in [0.1, 0.15) is 23.7 Å². The van der Waals surface area contributed by atoms with E-state index in [1.165, 1.54) is 12.1 Å². The SMILES string of the molecule is CC1(Nc2nc(Cl)ccc2C(=O)O)CCS(=O)(=O)C1. The molecule has 0 saturated carbocycles. The Morgan fingerprint density at radius 3 is 2.74 bits per heavy atom. The van der Waals surface area contributed by atoms with Crippen LogP contribution in [-0.2, 0) is 9.84 Å². The van der Waals surface area contributed by atoms with Crippen molar-refractivity contribution in [1.82, 2.24) is 4.98 Å². The Hall–Kier alpha value is -1.34. The van der Waals surface area contributed by atoms with Crippen molar-refractivity contribution in [3.05, 3.63) is 22.8 Å². The van der Waals surface area contributed by atoms with E-state index < -0.39 is 21.3 Å². The first kappa shape index (κ1) is 14.1. The van der Waals surface area contributed by atoms with Gasteiger partial charge in [0.15, 0.2) is 9.84 Å². The minimum atomic E-state index is -3.09. The van der Waals surface area contributed by atoms with Gasteiger partial charge in [-0.2, -0.15) is 0 Å². The number of sulfone groups is 1. The lowest BCUT2D eigenvalue weighted by Gasteiger charge is -2.25. The van der Waals surface area contributed by atoms with E-state index in [2.05, 4.69) is 10.3 Å². The highest BCUT2D eigenvalue weighted by Crippen LogP contribution is 2.28. The highest BCUT2D eigenvalue weighted by molar-refractivity contribution is 7.91. The minimum Gasteiger partial charge on any atom is -0.478 e. The summed E-state index contributed by atoms with van der Waals surface area (Å²) in [5.74, 6) is -1.01. The monoisotopic (exact) mass is 304 g/mol. The van der Waals surface area contributed by atoms with Gasteiger partial charge in [-0.25, -0.2) is 18.2 Å². The van der Waals surface area contributed by atoms with Gasteiger partial charge < -0.3 is 10.4 Å². The van der Waals surface area contributed by atoms with E-state index in [-0.39, 0.29) is 28.0 Å². The molecule has 6 nitrogen and oxygen atoms in total. The molecule has 8 heteroatoms. The maximum absolute atomic E-state index is 11.5. The van der Waals surface area contributed by atoms with Gasteiger partial charge in [0, 0.05) is 0 Å². The van der Waals surface area contributed by atoms with Crippen LogP contribution in [0, 0.1) is 0 Å². The van der Waals surface area contributed by atoms with Crippen molar-refractivity contribution in [2.75, 3.05) is 16.8 Å². The van der Waals surface area contributed by atoms with E-state index in [1.807, 2.05) is 0 Å². The molecule has 0 spiro atoms. The number of pyridine rings is 1. The number of halogens is 1. The van der Waals surface area contributed by atoms with E-state index in [0.29, 0.717) is 6.42 Å². The first-order chi connectivity index (χ1) is 8.71. The van der Waals surface area contributed by atoms with Crippen molar-refractivity contribution < 1.29 is 18.3 Å². The average molecular weight is 305 g/mol. The lowest BCUT2D eigenvalue weighted by Crippen LogP contribution is -2.36. The highest BCUT2D eigenvalue weighted by atomic mass is 35.5. The van der Waals surface area contributed by atoms with Crippen molar-refractivity contribution in [2.45, 2.75) is 18.9 Å². The van der Waals surface area contributed by atoms with E-state index in [9.17, 15) is 13.2 Å². The second-order valence-electron chi connectivity index (χ2n) is 4.86. The summed E-state index contributed by atoms with van der Waals surface area (Å²) < 4.78 is 23.0. The Balaban J connectivity index is 2.33. The summed E-state index contributed by atoms with van der Waals surface area (Å²) in [7, 11) is -3.09. The van der Waals surface area contributed by atoms with Gasteiger partial charge in [0.25, 0.3) is 0 Å². The largest absolute Gasteiger partial charge is 0.478 e. The van der Waals surface area contributed by atoms with E-state index in [4.69, 9.17) is 16.7 Å². The van der Waals surface area contributed by atoms with Crippen LogP contribution in [0.5, 0.6) is 0 Å². The number of carbonyl (C=O) groups is 1. The van der Waals surface area contributed by atoms with Crippen molar-refractivity contribution in [3.8, 4) is 0 Å². The molecular formula is C11H13ClN2O4S. The summed E-state index contributed by atoms with van der Waals surface area (Å²) in [6.45, 7) is 1.73. The second-order valence-corrected chi connectivity index (χ2v) is 7.43. The zero-order valence-electron chi connectivity index (χ0n) is 10.2. The number of anilines is 1. The van der Waals surface area contributed by atoms with Crippen molar-refractivity contribution in [1.29, 1.82) is 0 Å². The fraction of sp³-hybridized carbons (Fsp3) is 0.455. The highest BCUT2D eigenvalue weighted by Gasteiger charge is 2.39. The van der Waals surface area contributed by atoms with Gasteiger partial charge in [0.1, 0.15) is 16.5 Å². The number of hydrogen-bond donors (Lipinski definition) is 2. The van der Waals surface area contributed by atoms with Crippen molar-refractivity contribution in [3.63, 3.8) is 0 Å². The van der Waals surface area contributed by atoms with E-state index >= 15 is 0 Å². The molecule has 1 saturated heterocycles. The zero-order valence-corrected chi connectivity index (χ0v) is 11.8. The van der Waals surface area contributed by atoms with E-state index in [0.717, 1.165) is 0 Å².